The van der Waals surface area contributed by atoms with E-state index < -0.39 is 5.91 Å². The molecular weight excluding hydrogens is 1920 g/mol. The zero-order valence-corrected chi connectivity index (χ0v) is 86.0. The second-order valence-corrected chi connectivity index (χ2v) is 37.5. The van der Waals surface area contributed by atoms with E-state index in [1.54, 1.807) is 183 Å². The normalized spacial score (nSPS) is 17.4. The van der Waals surface area contributed by atoms with Crippen LogP contribution < -0.4 is 34.1 Å². The van der Waals surface area contributed by atoms with Gasteiger partial charge in [0.25, 0.3) is 33.6 Å². The van der Waals surface area contributed by atoms with Gasteiger partial charge < -0.3 is 24.1 Å². The van der Waals surface area contributed by atoms with Crippen molar-refractivity contribution in [3.63, 3.8) is 0 Å². The van der Waals surface area contributed by atoms with Crippen LogP contribution in [0.25, 0.3) is 72.7 Å². The molecule has 26 nitrogen and oxygen atoms in total. The molecule has 2 N–H and O–H groups in total. The standard InChI is InChI=1S/C17H17NO2.C15H12N2OS.C15H11NO2.C14H8N2O.C14H11NO2S.C11H12N2O2S2.C11H8O2.C10H10N2O2.C7H8O.2CH4/c1-10-15(19)11(16(10)20)9-14-17(2,3)12-7-5-6-8-13(12)18(14)4;1-3-13-14(11-7-5-4-6-8-11)17-15(19-13)12(9-16)10(2)18;1-4-10-13(14(16-3)9(2)17)11-7-5-6-8-12(11)15(10)18;1-3-9-13(12(8-15)16-2)10-6-4-5-7-11(10)14(9)17;1-8-13(16)9(14(8)17)7-12-15(2)10-5-3-4-6-11(10)18-12;1-5-7-9(14)13(4)11(17-7)8-10(15)12(3)6(2)16-8;1-2-7-10(12)8-5-3-4-6-9(8)11(7)13;1-4-7-6(2)8(5-11)10(14)12(3)9(7)13;1-4-5(2)7(8)6(4)3;;/h5-9H,1-4H3;3-8H,1-2H3;4-8H,1-2H3;3-7H,1H3;3-7H,1-2H3;5H,2H2,1,3-4H3;2-6H,1H3;4H,1-3H3;2H2,1,3H3;2*1H4/p+2/b;13-3-,15-12-;10-4-,14-13+;9-3-,13-12+;;7-5-,11-8+;;7-4+;;;. The number of ketones is 9. The number of nitriles is 3. The summed E-state index contributed by atoms with van der Waals surface area (Å²) in [6.45, 7) is 47.8. The third kappa shape index (κ3) is 22.3. The Hall–Kier alpha value is -17.3. The molecule has 2 aliphatic heterocycles. The number of para-hydroxylation sites is 2. The van der Waals surface area contributed by atoms with E-state index in [2.05, 4.69) is 58.4 Å². The second-order valence-electron chi connectivity index (χ2n) is 33.3. The van der Waals surface area contributed by atoms with Crippen molar-refractivity contribution in [2.45, 2.75) is 124 Å². The molecule has 4 aromatic heterocycles. The maximum Gasteiger partial charge on any atom is 0.271 e. The van der Waals surface area contributed by atoms with Crippen molar-refractivity contribution in [3.05, 3.63) is 399 Å². The maximum absolute atomic E-state index is 12.2. The number of aryl methyl sites for hydroxylation is 1. The molecule has 6 aromatic carbocycles. The summed E-state index contributed by atoms with van der Waals surface area (Å²) in [7, 11) is 8.70. The number of imide groups is 1. The third-order valence-corrected chi connectivity index (χ3v) is 29.4. The molecule has 146 heavy (non-hydrogen) atoms. The summed E-state index contributed by atoms with van der Waals surface area (Å²) < 4.78 is 12.4. The number of hydrogen-bond donors (Lipinski definition) is 2. The van der Waals surface area contributed by atoms with Crippen molar-refractivity contribution in [2.24, 2.45) is 21.1 Å². The van der Waals surface area contributed by atoms with E-state index in [1.807, 2.05) is 143 Å². The number of nitrogens with zero attached hydrogens (tertiary/aromatic N) is 11. The van der Waals surface area contributed by atoms with E-state index >= 15 is 0 Å². The van der Waals surface area contributed by atoms with Crippen LogP contribution in [0, 0.1) is 56.3 Å². The molecule has 10 aromatic rings. The summed E-state index contributed by atoms with van der Waals surface area (Å²) in [5.41, 5.74) is 17.0. The van der Waals surface area contributed by atoms with E-state index in [0.717, 1.165) is 53.8 Å². The molecule has 6 aliphatic carbocycles. The van der Waals surface area contributed by atoms with Crippen LogP contribution in [0.4, 0.5) is 5.69 Å². The Morgan fingerprint density at radius 3 is 1.38 bits per heavy atom. The van der Waals surface area contributed by atoms with Gasteiger partial charge in [-0.2, -0.15) is 19.7 Å². The number of Topliss-reactive ketones (excluding diaryl/α,β-unsaturated/α-hetero) is 9. The number of aliphatic hydroxyl groups excluding tert-OH is 2. The van der Waals surface area contributed by atoms with Gasteiger partial charge in [0.15, 0.2) is 57.8 Å². The van der Waals surface area contributed by atoms with Gasteiger partial charge in [0.2, 0.25) is 16.9 Å². The summed E-state index contributed by atoms with van der Waals surface area (Å²) in [5, 5.41) is 47.2. The van der Waals surface area contributed by atoms with E-state index in [4.69, 9.17) is 28.9 Å². The number of carbonyl (C=O) groups excluding carboxylic acids is 11. The Kier molecular flexibility index (Phi) is 37.8. The van der Waals surface area contributed by atoms with Crippen LogP contribution >= 0.6 is 45.3 Å². The first-order valence-corrected chi connectivity index (χ1v) is 47.8. The first-order valence-electron chi connectivity index (χ1n) is 44.6. The van der Waals surface area contributed by atoms with E-state index in [9.17, 15) is 72.5 Å². The predicted molar refractivity (Wildman–Crippen MR) is 575 cm³/mol. The molecule has 2 amide bonds. The number of fused-ring (bicyclic) bond motifs is 5. The molecule has 6 heterocycles. The van der Waals surface area contributed by atoms with Crippen LogP contribution in [0.1, 0.15) is 182 Å². The van der Waals surface area contributed by atoms with Gasteiger partial charge in [-0.3, -0.25) is 62.4 Å². The number of benzene rings is 6. The Morgan fingerprint density at radius 1 is 0.486 bits per heavy atom. The fraction of sp³-hybridized carbons (Fsp3) is 0.198. The van der Waals surface area contributed by atoms with Crippen molar-refractivity contribution >= 4 is 172 Å². The minimum absolute atomic E-state index is 0. The van der Waals surface area contributed by atoms with Gasteiger partial charge in [-0.25, -0.2) is 19.9 Å². The molecule has 0 atom stereocenters. The molecule has 18 rings (SSSR count). The highest BCUT2D eigenvalue weighted by Crippen LogP contribution is 2.44. The molecule has 0 saturated heterocycles. The molecule has 0 spiro atoms. The Bertz CT molecular complexity index is 8460. The lowest BCUT2D eigenvalue weighted by molar-refractivity contribution is -0.642. The summed E-state index contributed by atoms with van der Waals surface area (Å²) >= 11 is 5.63. The van der Waals surface area contributed by atoms with Crippen LogP contribution in [0.3, 0.4) is 0 Å². The van der Waals surface area contributed by atoms with Gasteiger partial charge in [0, 0.05) is 129 Å². The van der Waals surface area contributed by atoms with Crippen LogP contribution in [-0.2, 0) is 60.1 Å². The highest BCUT2D eigenvalue weighted by atomic mass is 32.1. The minimum Gasteiger partial charge on any atom is -0.507 e. The average Bonchev–Trinajstić information content (AvgIpc) is 1.60. The van der Waals surface area contributed by atoms with Gasteiger partial charge in [-0.05, 0) is 132 Å². The van der Waals surface area contributed by atoms with Gasteiger partial charge in [-0.1, -0.05) is 209 Å². The molecule has 8 aliphatic rings. The van der Waals surface area contributed by atoms with Gasteiger partial charge in [0.05, 0.1) is 60.8 Å². The zero-order chi connectivity index (χ0) is 106. The minimum atomic E-state index is -0.527. The number of likely N-dealkylation sites (N-methyl/N-ethyl adjacent to an activating group) is 1. The lowest BCUT2D eigenvalue weighted by atomic mass is 9.79. The highest BCUT2D eigenvalue weighted by molar-refractivity contribution is 7.19. The highest BCUT2D eigenvalue weighted by Gasteiger charge is 2.45. The number of rotatable bonds is 5. The summed E-state index contributed by atoms with van der Waals surface area (Å²) in [5.74, 6) is -1.73. The van der Waals surface area contributed by atoms with Crippen LogP contribution in [0.15, 0.2) is 294 Å². The molecule has 0 fully saturated rings. The van der Waals surface area contributed by atoms with Crippen LogP contribution in [-0.4, -0.2) is 117 Å². The molecule has 738 valence electrons. The summed E-state index contributed by atoms with van der Waals surface area (Å²) in [6, 6.07) is 52.7. The van der Waals surface area contributed by atoms with E-state index in [0.29, 0.717) is 123 Å². The monoisotopic (exact) mass is 2020 g/mol. The number of hydrogen-bond acceptors (Lipinski definition) is 23. The summed E-state index contributed by atoms with van der Waals surface area (Å²) in [4.78, 5) is 163. The van der Waals surface area contributed by atoms with Crippen LogP contribution in [0.2, 0.25) is 0 Å². The van der Waals surface area contributed by atoms with Gasteiger partial charge in [0.1, 0.15) is 67.5 Å². The topological polar surface area (TPSA) is 375 Å². The lowest BCUT2D eigenvalue weighted by Gasteiger charge is -2.23. The average molecular weight is 2020 g/mol. The van der Waals surface area contributed by atoms with Crippen molar-refractivity contribution in [1.29, 1.82) is 15.8 Å². The largest absolute Gasteiger partial charge is 0.507 e. The first-order chi connectivity index (χ1) is 68.4. The Labute approximate surface area is 861 Å². The number of thiazole rings is 4. The van der Waals surface area contributed by atoms with Crippen molar-refractivity contribution in [2.75, 3.05) is 14.1 Å². The van der Waals surface area contributed by atoms with E-state index in [1.165, 1.54) is 74.3 Å². The SMILES string of the molecule is C.C.C/C=C1/C(=O)N(C)C(=O)C(C#N)=C1C.C/C=c1\s/c(=C(/C#N)C(C)=O)nc1-c1ccccc1.C=C1C(=O)C(C)=C1C.C=c1s/c(=c2/s/c(=C\C)c(=O)n2C)c(=O)n1C.CC1=C(O)/C(=C\C2=[N+](C)c3ccccc3C2(C)C)C1=O.CC1=C(O)/C(=C\c2sc3ccccc3[n+]2C)C1=O.CC=C1C(=O)c2ccccc2C1=O.[C-]#[N+]/C(C#N)=C1\C(=C\C)C(=O)c2ccccc21.[C-]#[N+]/C(C(C)=O)=C1\C(=C\C)C(=O)c2ccccc21. The van der Waals surface area contributed by atoms with Crippen LogP contribution in [0.5, 0.6) is 0 Å². The van der Waals surface area contributed by atoms with Crippen molar-refractivity contribution < 1.29 is 72.1 Å². The van der Waals surface area contributed by atoms with E-state index in [-0.39, 0.29) is 123 Å². The molecule has 0 saturated carbocycles. The number of aromatic nitrogens is 4. The lowest BCUT2D eigenvalue weighted by Crippen LogP contribution is -2.39. The number of aliphatic hydroxyl groups is 2. The van der Waals surface area contributed by atoms with Crippen molar-refractivity contribution in [3.8, 4) is 29.5 Å². The molecule has 30 heteroatoms. The molecule has 0 radical (unpaired) electrons. The quantitative estimate of drug-likeness (QED) is 0.0403. The number of carbonyl (C=O) groups is 11. The molecule has 0 unspecified atom stereocenters. The molecular formula is C116H107N11O15S4+2. The zero-order valence-electron chi connectivity index (χ0n) is 82.7. The fourth-order valence-corrected chi connectivity index (χ4v) is 20.3. The summed E-state index contributed by atoms with van der Waals surface area (Å²) in [6.07, 6.45) is 13.8. The third-order valence-electron chi connectivity index (χ3n) is 24.5. The number of allylic oxidation sites excluding steroid dienone is 19. The Morgan fingerprint density at radius 2 is 0.959 bits per heavy atom. The molecule has 0 bridgehead atoms. The van der Waals surface area contributed by atoms with Gasteiger partial charge in [-0.15, -0.1) is 34.0 Å². The van der Waals surface area contributed by atoms with Gasteiger partial charge >= 0.3 is 0 Å². The smallest absolute Gasteiger partial charge is 0.271 e. The van der Waals surface area contributed by atoms with Crippen molar-refractivity contribution in [1.82, 2.24) is 19.0 Å². The first kappa shape index (κ1) is 114. The maximum atomic E-state index is 12.2. The number of amides is 2. The Balaban J connectivity index is 0.000000201. The second kappa shape index (κ2) is 48.4. The fourth-order valence-electron chi connectivity index (χ4n) is 16.1. The predicted octanol–water partition coefficient (Wildman–Crippen LogP) is 18.7.